The highest BCUT2D eigenvalue weighted by molar-refractivity contribution is 7.73. The van der Waals surface area contributed by atoms with Crippen molar-refractivity contribution >= 4 is 29.5 Å². The average Bonchev–Trinajstić information content (AvgIpc) is 2.15. The number of aromatic nitrogens is 1. The first kappa shape index (κ1) is 9.32. The predicted molar refractivity (Wildman–Crippen MR) is 42.8 cm³/mol. The van der Waals surface area contributed by atoms with Crippen molar-refractivity contribution in [1.82, 2.24) is 4.98 Å². The lowest BCUT2D eigenvalue weighted by Crippen LogP contribution is -1.78. The molecule has 10 heavy (non-hydrogen) atoms. The van der Waals surface area contributed by atoms with E-state index in [4.69, 9.17) is 22.1 Å². The molecule has 0 aliphatic heterocycles. The van der Waals surface area contributed by atoms with Crippen LogP contribution in [0, 0.1) is 3.95 Å². The van der Waals surface area contributed by atoms with E-state index in [-0.39, 0.29) is 0 Å². The lowest BCUT2D eigenvalue weighted by atomic mass is 10.9. The fraction of sp³-hybridized carbons (Fsp3) is 0.200. The van der Waals surface area contributed by atoms with Crippen LogP contribution >= 0.6 is 23.6 Å². The maximum Gasteiger partial charge on any atom is 0.300 e. The van der Waals surface area contributed by atoms with Gasteiger partial charge in [0, 0.05) is 18.5 Å². The zero-order valence-electron chi connectivity index (χ0n) is 5.33. The molecule has 0 unspecified atom stereocenters. The highest BCUT2D eigenvalue weighted by atomic mass is 32.1. The van der Waals surface area contributed by atoms with Crippen LogP contribution in [0.5, 0.6) is 0 Å². The standard InChI is InChI=1S/C3H3NS2.C2H4O2/c5-3-4-1-2-6-3;1-2(3)4/h1-2H,(H,4,5);1H3,(H,3,4). The molecule has 1 aromatic rings. The average molecular weight is 177 g/mol. The molecule has 0 saturated heterocycles. The minimum Gasteiger partial charge on any atom is -0.481 e. The van der Waals surface area contributed by atoms with Gasteiger partial charge in [-0.05, 0) is 12.2 Å². The fourth-order valence-corrected chi connectivity index (χ4v) is 0.862. The van der Waals surface area contributed by atoms with Gasteiger partial charge in [-0.25, -0.2) is 0 Å². The van der Waals surface area contributed by atoms with Crippen LogP contribution in [0.15, 0.2) is 11.6 Å². The summed E-state index contributed by atoms with van der Waals surface area (Å²) in [7, 11) is 0. The Balaban J connectivity index is 0.000000180. The topological polar surface area (TPSA) is 53.1 Å². The van der Waals surface area contributed by atoms with Crippen LogP contribution in [0.4, 0.5) is 0 Å². The summed E-state index contributed by atoms with van der Waals surface area (Å²) < 4.78 is 0.843. The van der Waals surface area contributed by atoms with Crippen molar-refractivity contribution in [3.8, 4) is 0 Å². The highest BCUT2D eigenvalue weighted by Gasteiger charge is 1.67. The molecule has 3 nitrogen and oxygen atoms in total. The molecule has 0 atom stereocenters. The van der Waals surface area contributed by atoms with Gasteiger partial charge < -0.3 is 10.1 Å². The minimum atomic E-state index is -0.833. The van der Waals surface area contributed by atoms with Crippen LogP contribution in [0.2, 0.25) is 0 Å². The van der Waals surface area contributed by atoms with E-state index in [0.717, 1.165) is 10.9 Å². The van der Waals surface area contributed by atoms with E-state index < -0.39 is 5.97 Å². The van der Waals surface area contributed by atoms with E-state index in [0.29, 0.717) is 0 Å². The summed E-state index contributed by atoms with van der Waals surface area (Å²) in [4.78, 5) is 11.8. The van der Waals surface area contributed by atoms with Gasteiger partial charge >= 0.3 is 0 Å². The normalized spacial score (nSPS) is 7.70. The Hall–Kier alpha value is -0.680. The number of aliphatic carboxylic acids is 1. The van der Waals surface area contributed by atoms with Crippen molar-refractivity contribution in [2.75, 3.05) is 0 Å². The van der Waals surface area contributed by atoms with Crippen molar-refractivity contribution in [2.24, 2.45) is 0 Å². The smallest absolute Gasteiger partial charge is 0.300 e. The van der Waals surface area contributed by atoms with Gasteiger partial charge in [0.15, 0.2) is 3.95 Å². The monoisotopic (exact) mass is 177 g/mol. The van der Waals surface area contributed by atoms with Crippen molar-refractivity contribution in [3.63, 3.8) is 0 Å². The Morgan fingerprint density at radius 2 is 2.40 bits per heavy atom. The summed E-state index contributed by atoms with van der Waals surface area (Å²) in [6, 6.07) is 0. The lowest BCUT2D eigenvalue weighted by molar-refractivity contribution is -0.134. The summed E-state index contributed by atoms with van der Waals surface area (Å²) in [5.74, 6) is -0.833. The van der Waals surface area contributed by atoms with Crippen LogP contribution in [0.3, 0.4) is 0 Å². The van der Waals surface area contributed by atoms with E-state index in [9.17, 15) is 0 Å². The summed E-state index contributed by atoms with van der Waals surface area (Å²) in [6.45, 7) is 1.08. The molecule has 56 valence electrons. The largest absolute Gasteiger partial charge is 0.481 e. The van der Waals surface area contributed by atoms with Crippen molar-refractivity contribution in [3.05, 3.63) is 15.5 Å². The molecule has 0 saturated carbocycles. The van der Waals surface area contributed by atoms with E-state index >= 15 is 0 Å². The van der Waals surface area contributed by atoms with Crippen LogP contribution in [-0.2, 0) is 4.79 Å². The van der Waals surface area contributed by atoms with E-state index in [1.54, 1.807) is 0 Å². The van der Waals surface area contributed by atoms with Crippen LogP contribution in [0.1, 0.15) is 6.92 Å². The minimum absolute atomic E-state index is 0.833. The Kier molecular flexibility index (Phi) is 4.78. The predicted octanol–water partition coefficient (Wildman–Crippen LogP) is 1.90. The quantitative estimate of drug-likeness (QED) is 0.595. The van der Waals surface area contributed by atoms with Gasteiger partial charge in [-0.2, -0.15) is 0 Å². The first-order chi connectivity index (χ1) is 4.63. The molecular formula is C5H7NO2S2. The van der Waals surface area contributed by atoms with Gasteiger partial charge in [0.1, 0.15) is 0 Å². The maximum absolute atomic E-state index is 9.00. The number of rotatable bonds is 0. The number of H-pyrrole nitrogens is 1. The Bertz CT molecular complexity index is 219. The first-order valence-corrected chi connectivity index (χ1v) is 3.73. The Morgan fingerprint density at radius 1 is 1.90 bits per heavy atom. The van der Waals surface area contributed by atoms with Crippen molar-refractivity contribution in [2.45, 2.75) is 6.92 Å². The summed E-state index contributed by atoms with van der Waals surface area (Å²) >= 11 is 6.25. The molecule has 0 amide bonds. The number of aromatic amines is 1. The second-order valence-electron chi connectivity index (χ2n) is 1.37. The molecule has 0 bridgehead atoms. The van der Waals surface area contributed by atoms with Crippen molar-refractivity contribution in [1.29, 1.82) is 0 Å². The van der Waals surface area contributed by atoms with Gasteiger partial charge in [-0.3, -0.25) is 4.79 Å². The highest BCUT2D eigenvalue weighted by Crippen LogP contribution is 1.92. The number of carbonyl (C=O) groups is 1. The van der Waals surface area contributed by atoms with Crippen LogP contribution < -0.4 is 0 Å². The molecule has 0 spiro atoms. The molecule has 0 fully saturated rings. The van der Waals surface area contributed by atoms with Gasteiger partial charge in [0.25, 0.3) is 5.97 Å². The number of nitrogens with one attached hydrogen (secondary N) is 1. The molecule has 1 aromatic heterocycles. The van der Waals surface area contributed by atoms with Gasteiger partial charge in [-0.15, -0.1) is 11.3 Å². The number of thiazole rings is 1. The van der Waals surface area contributed by atoms with Gasteiger partial charge in [-0.1, -0.05) is 0 Å². The van der Waals surface area contributed by atoms with Gasteiger partial charge in [0.05, 0.1) is 0 Å². The maximum atomic E-state index is 9.00. The second kappa shape index (κ2) is 5.13. The van der Waals surface area contributed by atoms with E-state index in [2.05, 4.69) is 4.98 Å². The number of carboxylic acid groups (broad SMARTS) is 1. The SMILES string of the molecule is CC(=O)O.S=c1[nH]ccs1. The third-order valence-electron chi connectivity index (χ3n) is 0.444. The van der Waals surface area contributed by atoms with Crippen LogP contribution in [0.25, 0.3) is 0 Å². The zero-order valence-corrected chi connectivity index (χ0v) is 6.96. The molecule has 2 N–H and O–H groups in total. The molecule has 5 heteroatoms. The molecule has 0 radical (unpaired) electrons. The number of carboxylic acids is 1. The summed E-state index contributed by atoms with van der Waals surface area (Å²) in [5.41, 5.74) is 0. The molecule has 0 aliphatic carbocycles. The number of hydrogen-bond acceptors (Lipinski definition) is 3. The molecular weight excluding hydrogens is 170 g/mol. The molecule has 0 aliphatic rings. The summed E-state index contributed by atoms with van der Waals surface area (Å²) in [5, 5.41) is 9.34. The Labute approximate surface area is 67.3 Å². The first-order valence-electron chi connectivity index (χ1n) is 2.44. The Morgan fingerprint density at radius 3 is 2.50 bits per heavy atom. The summed E-state index contributed by atoms with van der Waals surface area (Å²) in [6.07, 6.45) is 1.83. The number of hydrogen-bond donors (Lipinski definition) is 2. The molecule has 1 heterocycles. The van der Waals surface area contributed by atoms with E-state index in [1.165, 1.54) is 11.3 Å². The van der Waals surface area contributed by atoms with E-state index in [1.807, 2.05) is 11.6 Å². The van der Waals surface area contributed by atoms with Gasteiger partial charge in [0.2, 0.25) is 0 Å². The lowest BCUT2D eigenvalue weighted by Gasteiger charge is -1.59. The zero-order chi connectivity index (χ0) is 7.98. The molecule has 1 rings (SSSR count). The third kappa shape index (κ3) is 7.32. The van der Waals surface area contributed by atoms with Crippen molar-refractivity contribution < 1.29 is 9.90 Å². The fourth-order valence-electron chi connectivity index (χ4n) is 0.232. The third-order valence-corrected chi connectivity index (χ3v) is 1.45. The van der Waals surface area contributed by atoms with Crippen LogP contribution in [-0.4, -0.2) is 16.1 Å². The second-order valence-corrected chi connectivity index (χ2v) is 2.95. The molecule has 0 aromatic carbocycles.